The number of carbonyl (C=O) groups is 1. The molecule has 0 aromatic carbocycles. The van der Waals surface area contributed by atoms with Gasteiger partial charge in [-0.2, -0.15) is 0 Å². The van der Waals surface area contributed by atoms with Crippen LogP contribution in [0.5, 0.6) is 0 Å². The molecule has 8 heteroatoms. The molecule has 1 aromatic rings. The number of nitrogens with zero attached hydrogens (tertiary/aromatic N) is 2. The molecule has 0 radical (unpaired) electrons. The minimum Gasteiger partial charge on any atom is -0.468 e. The summed E-state index contributed by atoms with van der Waals surface area (Å²) in [5.41, 5.74) is 0. The first-order valence-electron chi connectivity index (χ1n) is 11.2. The summed E-state index contributed by atoms with van der Waals surface area (Å²) in [5.74, 6) is 2.51. The predicted molar refractivity (Wildman–Crippen MR) is 131 cm³/mol. The molecule has 0 bridgehead atoms. The van der Waals surface area contributed by atoms with Crippen LogP contribution >= 0.6 is 24.0 Å². The lowest BCUT2D eigenvalue weighted by Gasteiger charge is -2.33. The molecular weight excluding hydrogens is 493 g/mol. The van der Waals surface area contributed by atoms with E-state index in [2.05, 4.69) is 31.9 Å². The van der Waals surface area contributed by atoms with E-state index in [1.165, 1.54) is 44.9 Å². The quantitative estimate of drug-likeness (QED) is 0.197. The maximum Gasteiger partial charge on any atom is 0.220 e. The molecule has 7 nitrogen and oxygen atoms in total. The smallest absolute Gasteiger partial charge is 0.220 e. The van der Waals surface area contributed by atoms with Crippen molar-refractivity contribution in [3.63, 3.8) is 0 Å². The van der Waals surface area contributed by atoms with Crippen LogP contribution in [0.25, 0.3) is 0 Å². The zero-order valence-corrected chi connectivity index (χ0v) is 20.5. The molecule has 1 aliphatic heterocycles. The fourth-order valence-electron chi connectivity index (χ4n) is 4.47. The van der Waals surface area contributed by atoms with Crippen LogP contribution in [0.2, 0.25) is 0 Å². The average molecular weight is 531 g/mol. The van der Waals surface area contributed by atoms with Crippen molar-refractivity contribution in [1.82, 2.24) is 20.9 Å². The van der Waals surface area contributed by atoms with E-state index in [0.717, 1.165) is 31.4 Å². The minimum atomic E-state index is 0. The Kier molecular flexibility index (Phi) is 11.6. The first kappa shape index (κ1) is 25.0. The summed E-state index contributed by atoms with van der Waals surface area (Å²) >= 11 is 0. The summed E-state index contributed by atoms with van der Waals surface area (Å²) in [6, 6.07) is 4.21. The monoisotopic (exact) mass is 531 g/mol. The highest BCUT2D eigenvalue weighted by Crippen LogP contribution is 2.27. The Labute approximate surface area is 197 Å². The SMILES string of the molecule is CN=C(NCCNC(=O)CC1CCCC1)NCC(c1ccco1)N1CCCCC1.I. The molecule has 1 unspecified atom stereocenters. The van der Waals surface area contributed by atoms with E-state index in [1.807, 2.05) is 6.07 Å². The molecule has 3 rings (SSSR count). The van der Waals surface area contributed by atoms with Crippen LogP contribution in [-0.4, -0.2) is 56.5 Å². The van der Waals surface area contributed by atoms with Crippen molar-refractivity contribution in [2.24, 2.45) is 10.9 Å². The number of likely N-dealkylation sites (tertiary alicyclic amines) is 1. The number of amides is 1. The van der Waals surface area contributed by atoms with E-state index < -0.39 is 0 Å². The summed E-state index contributed by atoms with van der Waals surface area (Å²) in [7, 11) is 1.77. The highest BCUT2D eigenvalue weighted by molar-refractivity contribution is 14.0. The second-order valence-corrected chi connectivity index (χ2v) is 8.21. The lowest BCUT2D eigenvalue weighted by molar-refractivity contribution is -0.121. The fraction of sp³-hybridized carbons (Fsp3) is 0.727. The highest BCUT2D eigenvalue weighted by atomic mass is 127. The van der Waals surface area contributed by atoms with Gasteiger partial charge in [0.2, 0.25) is 5.91 Å². The van der Waals surface area contributed by atoms with Gasteiger partial charge >= 0.3 is 0 Å². The molecule has 2 aliphatic rings. The second-order valence-electron chi connectivity index (χ2n) is 8.21. The van der Waals surface area contributed by atoms with Crippen LogP contribution in [0.1, 0.15) is 63.2 Å². The maximum absolute atomic E-state index is 12.0. The number of carbonyl (C=O) groups excluding carboxylic acids is 1. The van der Waals surface area contributed by atoms with Crippen molar-refractivity contribution in [2.45, 2.75) is 57.4 Å². The lowest BCUT2D eigenvalue weighted by Crippen LogP contribution is -2.46. The molecular formula is C22H38IN5O2. The standard InChI is InChI=1S/C22H37N5O2.HI/c1-23-22(25-12-11-24-21(28)16-18-8-3-4-9-18)26-17-19(20-10-7-15-29-20)27-13-5-2-6-14-27;/h7,10,15,18-19H,2-6,8-9,11-14,16-17H2,1H3,(H,24,28)(H2,23,25,26);1H. The van der Waals surface area contributed by atoms with Gasteiger partial charge in [0.1, 0.15) is 5.76 Å². The molecule has 2 heterocycles. The zero-order chi connectivity index (χ0) is 20.3. The van der Waals surface area contributed by atoms with E-state index in [1.54, 1.807) is 13.3 Å². The van der Waals surface area contributed by atoms with Gasteiger partial charge in [0.05, 0.1) is 12.3 Å². The molecule has 2 fully saturated rings. The summed E-state index contributed by atoms with van der Waals surface area (Å²) in [4.78, 5) is 18.8. The van der Waals surface area contributed by atoms with Crippen LogP contribution in [-0.2, 0) is 4.79 Å². The van der Waals surface area contributed by atoms with Crippen LogP contribution < -0.4 is 16.0 Å². The Bertz CT molecular complexity index is 625. The van der Waals surface area contributed by atoms with Gasteiger partial charge in [-0.05, 0) is 56.8 Å². The van der Waals surface area contributed by atoms with Crippen molar-refractivity contribution in [1.29, 1.82) is 0 Å². The summed E-state index contributed by atoms with van der Waals surface area (Å²) in [5, 5.41) is 9.74. The Hall–Kier alpha value is -1.29. The third-order valence-corrected chi connectivity index (χ3v) is 6.08. The molecule has 1 atom stereocenters. The Morgan fingerprint density at radius 2 is 1.87 bits per heavy atom. The molecule has 170 valence electrons. The molecule has 1 amide bonds. The third kappa shape index (κ3) is 8.09. The highest BCUT2D eigenvalue weighted by Gasteiger charge is 2.24. The number of halogens is 1. The molecule has 1 saturated heterocycles. The topological polar surface area (TPSA) is 81.9 Å². The van der Waals surface area contributed by atoms with Gasteiger partial charge in [0.25, 0.3) is 0 Å². The first-order chi connectivity index (χ1) is 14.3. The van der Waals surface area contributed by atoms with Gasteiger partial charge in [0.15, 0.2) is 5.96 Å². The molecule has 1 aliphatic carbocycles. The van der Waals surface area contributed by atoms with Crippen LogP contribution in [0.3, 0.4) is 0 Å². The van der Waals surface area contributed by atoms with E-state index in [4.69, 9.17) is 4.42 Å². The maximum atomic E-state index is 12.0. The fourth-order valence-corrected chi connectivity index (χ4v) is 4.47. The van der Waals surface area contributed by atoms with Gasteiger partial charge in [-0.15, -0.1) is 24.0 Å². The molecule has 30 heavy (non-hydrogen) atoms. The third-order valence-electron chi connectivity index (χ3n) is 6.08. The van der Waals surface area contributed by atoms with E-state index in [9.17, 15) is 4.79 Å². The number of guanidine groups is 1. The summed E-state index contributed by atoms with van der Waals surface area (Å²) < 4.78 is 5.70. The first-order valence-corrected chi connectivity index (χ1v) is 11.2. The molecule has 1 saturated carbocycles. The van der Waals surface area contributed by atoms with Crippen molar-refractivity contribution < 1.29 is 9.21 Å². The largest absolute Gasteiger partial charge is 0.468 e. The predicted octanol–water partition coefficient (Wildman–Crippen LogP) is 3.29. The van der Waals surface area contributed by atoms with Gasteiger partial charge in [0, 0.05) is 33.1 Å². The number of aliphatic imine (C=N–C) groups is 1. The molecule has 3 N–H and O–H groups in total. The Morgan fingerprint density at radius 1 is 1.13 bits per heavy atom. The van der Waals surface area contributed by atoms with Crippen LogP contribution in [0.15, 0.2) is 27.8 Å². The van der Waals surface area contributed by atoms with Crippen molar-refractivity contribution in [3.05, 3.63) is 24.2 Å². The van der Waals surface area contributed by atoms with Gasteiger partial charge in [-0.25, -0.2) is 0 Å². The Balaban J connectivity index is 0.00000320. The van der Waals surface area contributed by atoms with E-state index in [-0.39, 0.29) is 35.9 Å². The second kappa shape index (κ2) is 13.9. The molecule has 1 aromatic heterocycles. The molecule has 0 spiro atoms. The number of nitrogens with one attached hydrogen (secondary N) is 3. The van der Waals surface area contributed by atoms with E-state index >= 15 is 0 Å². The number of rotatable bonds is 9. The number of hydrogen-bond donors (Lipinski definition) is 3. The van der Waals surface area contributed by atoms with E-state index in [0.29, 0.717) is 25.4 Å². The van der Waals surface area contributed by atoms with Crippen LogP contribution in [0.4, 0.5) is 0 Å². The van der Waals surface area contributed by atoms with Crippen molar-refractivity contribution >= 4 is 35.8 Å². The van der Waals surface area contributed by atoms with Crippen LogP contribution in [0, 0.1) is 5.92 Å². The van der Waals surface area contributed by atoms with Gasteiger partial charge in [-0.3, -0.25) is 14.7 Å². The number of piperidine rings is 1. The average Bonchev–Trinajstić information content (AvgIpc) is 3.45. The lowest BCUT2D eigenvalue weighted by atomic mass is 10.0. The number of furan rings is 1. The Morgan fingerprint density at radius 3 is 2.53 bits per heavy atom. The minimum absolute atomic E-state index is 0. The summed E-state index contributed by atoms with van der Waals surface area (Å²) in [6.45, 7) is 4.21. The van der Waals surface area contributed by atoms with Gasteiger partial charge < -0.3 is 20.4 Å². The number of hydrogen-bond acceptors (Lipinski definition) is 4. The zero-order valence-electron chi connectivity index (χ0n) is 18.2. The van der Waals surface area contributed by atoms with Crippen molar-refractivity contribution in [2.75, 3.05) is 39.8 Å². The summed E-state index contributed by atoms with van der Waals surface area (Å²) in [6.07, 6.45) is 11.2. The normalized spacial score (nSPS) is 19.2. The van der Waals surface area contributed by atoms with Gasteiger partial charge in [-0.1, -0.05) is 19.3 Å². The van der Waals surface area contributed by atoms with Crippen molar-refractivity contribution in [3.8, 4) is 0 Å².